The summed E-state index contributed by atoms with van der Waals surface area (Å²) in [4.78, 5) is 3.04. The van der Waals surface area contributed by atoms with Gasteiger partial charge in [-0.15, -0.1) is 0 Å². The average Bonchev–Trinajstić information content (AvgIpc) is 2.90. The molecule has 0 unspecified atom stereocenters. The van der Waals surface area contributed by atoms with Crippen molar-refractivity contribution >= 4 is 33.5 Å². The van der Waals surface area contributed by atoms with E-state index in [0.29, 0.717) is 5.75 Å². The van der Waals surface area contributed by atoms with Crippen LogP contribution in [-0.2, 0) is 4.74 Å². The van der Waals surface area contributed by atoms with Crippen LogP contribution in [0.5, 0.6) is 5.75 Å². The van der Waals surface area contributed by atoms with Gasteiger partial charge in [-0.2, -0.15) is 0 Å². The number of aliphatic hydroxyl groups is 4. The molecule has 3 rings (SSSR count). The molecule has 7 nitrogen and oxygen atoms in total. The first kappa shape index (κ1) is 16.0. The molecule has 22 heavy (non-hydrogen) atoms. The first-order valence-electron chi connectivity index (χ1n) is 6.75. The van der Waals surface area contributed by atoms with Crippen LogP contribution < -0.4 is 4.74 Å². The fourth-order valence-corrected chi connectivity index (χ4v) is 2.95. The van der Waals surface area contributed by atoms with Crippen molar-refractivity contribution < 1.29 is 29.9 Å². The van der Waals surface area contributed by atoms with Gasteiger partial charge in [0.2, 0.25) is 6.29 Å². The largest absolute Gasteiger partial charge is 0.460 e. The summed E-state index contributed by atoms with van der Waals surface area (Å²) in [7, 11) is 0. The van der Waals surface area contributed by atoms with Crippen molar-refractivity contribution in [3.8, 4) is 5.75 Å². The van der Waals surface area contributed by atoms with Crippen molar-refractivity contribution in [3.63, 3.8) is 0 Å². The monoisotopic (exact) mass is 421 g/mol. The number of halogens is 1. The molecule has 1 aromatic carbocycles. The van der Waals surface area contributed by atoms with Gasteiger partial charge in [0, 0.05) is 20.7 Å². The van der Waals surface area contributed by atoms with E-state index in [4.69, 9.17) is 9.47 Å². The number of aromatic nitrogens is 1. The molecule has 1 aliphatic heterocycles. The van der Waals surface area contributed by atoms with Crippen LogP contribution in [0, 0.1) is 3.57 Å². The van der Waals surface area contributed by atoms with Crippen molar-refractivity contribution in [2.24, 2.45) is 0 Å². The lowest BCUT2D eigenvalue weighted by Gasteiger charge is -2.39. The topological polar surface area (TPSA) is 115 Å². The molecular weight excluding hydrogens is 405 g/mol. The molecule has 0 amide bonds. The molecular formula is C14H16INO6. The number of benzene rings is 1. The molecule has 0 aliphatic carbocycles. The maximum Gasteiger partial charge on any atom is 0.229 e. The van der Waals surface area contributed by atoms with Crippen molar-refractivity contribution in [2.75, 3.05) is 6.61 Å². The van der Waals surface area contributed by atoms with Gasteiger partial charge in [-0.3, -0.25) is 0 Å². The Morgan fingerprint density at radius 3 is 2.68 bits per heavy atom. The summed E-state index contributed by atoms with van der Waals surface area (Å²) in [5, 5.41) is 39.5. The Bertz CT molecular complexity index is 660. The van der Waals surface area contributed by atoms with E-state index in [1.54, 1.807) is 6.20 Å². The lowest BCUT2D eigenvalue weighted by Crippen LogP contribution is -2.60. The second kappa shape index (κ2) is 6.30. The standard InChI is InChI=1S/C14H16INO6/c15-6-1-2-8-7(3-6)9(4-16-8)21-14-13(20)12(19)11(18)10(5-17)22-14/h1-4,10-14,16-20H,5H2/t10-,11-,12+,13+,14-/m1/s1. The second-order valence-corrected chi connectivity index (χ2v) is 6.40. The smallest absolute Gasteiger partial charge is 0.229 e. The molecule has 0 radical (unpaired) electrons. The summed E-state index contributed by atoms with van der Waals surface area (Å²) in [5.41, 5.74) is 0.861. The number of aromatic amines is 1. The van der Waals surface area contributed by atoms with Gasteiger partial charge in [-0.05, 0) is 40.8 Å². The van der Waals surface area contributed by atoms with Gasteiger partial charge in [0.15, 0.2) is 0 Å². The highest BCUT2D eigenvalue weighted by Crippen LogP contribution is 2.30. The third-order valence-electron chi connectivity index (χ3n) is 3.70. The highest BCUT2D eigenvalue weighted by Gasteiger charge is 2.44. The Labute approximate surface area is 139 Å². The molecule has 0 saturated carbocycles. The summed E-state index contributed by atoms with van der Waals surface area (Å²) in [6, 6.07) is 5.75. The van der Waals surface area contributed by atoms with E-state index >= 15 is 0 Å². The van der Waals surface area contributed by atoms with Crippen LogP contribution in [0.15, 0.2) is 24.4 Å². The van der Waals surface area contributed by atoms with Gasteiger partial charge < -0.3 is 34.9 Å². The highest BCUT2D eigenvalue weighted by molar-refractivity contribution is 14.1. The zero-order chi connectivity index (χ0) is 15.9. The summed E-state index contributed by atoms with van der Waals surface area (Å²) in [6.07, 6.45) is -4.83. The van der Waals surface area contributed by atoms with E-state index < -0.39 is 37.3 Å². The van der Waals surface area contributed by atoms with Gasteiger partial charge in [0.1, 0.15) is 30.2 Å². The number of H-pyrrole nitrogens is 1. The van der Waals surface area contributed by atoms with Gasteiger partial charge in [0.05, 0.1) is 6.61 Å². The Hall–Kier alpha value is -0.910. The Kier molecular flexibility index (Phi) is 4.57. The molecule has 1 saturated heterocycles. The molecule has 1 aliphatic rings. The van der Waals surface area contributed by atoms with E-state index in [0.717, 1.165) is 14.5 Å². The summed E-state index contributed by atoms with van der Waals surface area (Å²) in [5.74, 6) is 0.456. The minimum absolute atomic E-state index is 0.456. The zero-order valence-electron chi connectivity index (χ0n) is 11.4. The summed E-state index contributed by atoms with van der Waals surface area (Å²) >= 11 is 2.18. The fourth-order valence-electron chi connectivity index (χ4n) is 2.45. The van der Waals surface area contributed by atoms with E-state index in [1.807, 2.05) is 18.2 Å². The van der Waals surface area contributed by atoms with Crippen molar-refractivity contribution in [1.29, 1.82) is 0 Å². The molecule has 5 N–H and O–H groups in total. The van der Waals surface area contributed by atoms with Crippen molar-refractivity contribution in [3.05, 3.63) is 28.0 Å². The number of nitrogens with one attached hydrogen (secondary N) is 1. The van der Waals surface area contributed by atoms with Crippen LogP contribution in [0.1, 0.15) is 0 Å². The fraction of sp³-hybridized carbons (Fsp3) is 0.429. The average molecular weight is 421 g/mol. The van der Waals surface area contributed by atoms with Crippen LogP contribution in [0.25, 0.3) is 10.9 Å². The molecule has 1 fully saturated rings. The summed E-state index contributed by atoms with van der Waals surface area (Å²) < 4.78 is 12.0. The van der Waals surface area contributed by atoms with Crippen molar-refractivity contribution in [1.82, 2.24) is 4.98 Å². The van der Waals surface area contributed by atoms with Crippen LogP contribution in [0.2, 0.25) is 0 Å². The van der Waals surface area contributed by atoms with Crippen LogP contribution in [0.4, 0.5) is 0 Å². The van der Waals surface area contributed by atoms with E-state index in [2.05, 4.69) is 27.6 Å². The molecule has 0 bridgehead atoms. The third-order valence-corrected chi connectivity index (χ3v) is 4.37. The molecule has 8 heteroatoms. The summed E-state index contributed by atoms with van der Waals surface area (Å²) in [6.45, 7) is -0.489. The van der Waals surface area contributed by atoms with Crippen LogP contribution in [-0.4, -0.2) is 62.7 Å². The molecule has 5 atom stereocenters. The van der Waals surface area contributed by atoms with Crippen LogP contribution in [0.3, 0.4) is 0 Å². The molecule has 2 aromatic rings. The quantitative estimate of drug-likeness (QED) is 0.444. The number of aliphatic hydroxyl groups excluding tert-OH is 4. The highest BCUT2D eigenvalue weighted by atomic mass is 127. The minimum atomic E-state index is -1.46. The number of ether oxygens (including phenoxy) is 2. The predicted octanol–water partition coefficient (Wildman–Crippen LogP) is -0.0488. The van der Waals surface area contributed by atoms with Gasteiger partial charge in [-0.1, -0.05) is 0 Å². The third kappa shape index (κ3) is 2.82. The van der Waals surface area contributed by atoms with Crippen LogP contribution >= 0.6 is 22.6 Å². The van der Waals surface area contributed by atoms with Gasteiger partial charge in [-0.25, -0.2) is 0 Å². The predicted molar refractivity (Wildman–Crippen MR) is 85.4 cm³/mol. The second-order valence-electron chi connectivity index (χ2n) is 5.16. The zero-order valence-corrected chi connectivity index (χ0v) is 13.5. The normalized spacial score (nSPS) is 32.3. The van der Waals surface area contributed by atoms with E-state index in [-0.39, 0.29) is 0 Å². The lowest BCUT2D eigenvalue weighted by molar-refractivity contribution is -0.277. The lowest BCUT2D eigenvalue weighted by atomic mass is 9.99. The first-order valence-corrected chi connectivity index (χ1v) is 7.83. The Balaban J connectivity index is 1.85. The van der Waals surface area contributed by atoms with E-state index in [1.165, 1.54) is 0 Å². The number of fused-ring (bicyclic) bond motifs is 1. The molecule has 1 aromatic heterocycles. The number of hydrogen-bond acceptors (Lipinski definition) is 6. The molecule has 0 spiro atoms. The Morgan fingerprint density at radius 2 is 1.95 bits per heavy atom. The maximum atomic E-state index is 9.99. The van der Waals surface area contributed by atoms with Crippen molar-refractivity contribution in [2.45, 2.75) is 30.7 Å². The molecule has 2 heterocycles. The minimum Gasteiger partial charge on any atom is -0.460 e. The van der Waals surface area contributed by atoms with Gasteiger partial charge >= 0.3 is 0 Å². The SMILES string of the molecule is OC[C@H]1O[C@@H](Oc2c[nH]c3ccc(I)cc23)[C@@H](O)[C@@H](O)[C@@H]1O. The first-order chi connectivity index (χ1) is 10.5. The van der Waals surface area contributed by atoms with Gasteiger partial charge in [0.25, 0.3) is 0 Å². The Morgan fingerprint density at radius 1 is 1.18 bits per heavy atom. The van der Waals surface area contributed by atoms with E-state index in [9.17, 15) is 20.4 Å². The number of hydrogen-bond donors (Lipinski definition) is 5. The maximum absolute atomic E-state index is 9.99. The number of rotatable bonds is 3. The molecule has 120 valence electrons.